The van der Waals surface area contributed by atoms with Crippen molar-refractivity contribution in [1.82, 2.24) is 9.97 Å². The van der Waals surface area contributed by atoms with Crippen LogP contribution >= 0.6 is 0 Å². The molecule has 0 atom stereocenters. The zero-order valence-electron chi connectivity index (χ0n) is 10.0. The third kappa shape index (κ3) is 3.06. The molecule has 0 saturated heterocycles. The van der Waals surface area contributed by atoms with Crippen molar-refractivity contribution in [2.45, 2.75) is 32.1 Å². The summed E-state index contributed by atoms with van der Waals surface area (Å²) in [7, 11) is 0. The maximum absolute atomic E-state index is 10.8. The second-order valence-corrected chi connectivity index (χ2v) is 4.49. The van der Waals surface area contributed by atoms with E-state index in [4.69, 9.17) is 10.5 Å². The van der Waals surface area contributed by atoms with E-state index in [-0.39, 0.29) is 17.5 Å². The zero-order valence-corrected chi connectivity index (χ0v) is 10.0. The van der Waals surface area contributed by atoms with Crippen LogP contribution < -0.4 is 10.5 Å². The van der Waals surface area contributed by atoms with Gasteiger partial charge in [-0.3, -0.25) is 10.1 Å². The highest BCUT2D eigenvalue weighted by Crippen LogP contribution is 2.27. The Bertz CT molecular complexity index is 432. The summed E-state index contributed by atoms with van der Waals surface area (Å²) in [5, 5.41) is 10.8. The predicted octanol–water partition coefficient (Wildman–Crippen LogP) is 1.93. The highest BCUT2D eigenvalue weighted by atomic mass is 16.6. The van der Waals surface area contributed by atoms with Crippen LogP contribution in [0.5, 0.6) is 5.88 Å². The van der Waals surface area contributed by atoms with Gasteiger partial charge in [0.2, 0.25) is 5.95 Å². The highest BCUT2D eigenvalue weighted by molar-refractivity contribution is 5.41. The minimum absolute atomic E-state index is 0.0146. The van der Waals surface area contributed by atoms with Gasteiger partial charge in [-0.1, -0.05) is 19.3 Å². The lowest BCUT2D eigenvalue weighted by Gasteiger charge is -2.21. The van der Waals surface area contributed by atoms with Gasteiger partial charge in [0.25, 0.3) is 5.88 Å². The molecule has 2 rings (SSSR count). The van der Waals surface area contributed by atoms with E-state index in [1.807, 2.05) is 0 Å². The van der Waals surface area contributed by atoms with Crippen LogP contribution in [-0.4, -0.2) is 21.5 Å². The van der Waals surface area contributed by atoms with Gasteiger partial charge in [-0.15, -0.1) is 0 Å². The second-order valence-electron chi connectivity index (χ2n) is 4.49. The van der Waals surface area contributed by atoms with Crippen molar-refractivity contribution in [2.24, 2.45) is 5.92 Å². The molecule has 18 heavy (non-hydrogen) atoms. The average Bonchev–Trinajstić information content (AvgIpc) is 2.37. The molecule has 0 bridgehead atoms. The molecular formula is C11H16N4O3. The van der Waals surface area contributed by atoms with Gasteiger partial charge in [0.1, 0.15) is 6.20 Å². The minimum atomic E-state index is -0.560. The fourth-order valence-electron chi connectivity index (χ4n) is 2.15. The molecule has 1 fully saturated rings. The number of nitro groups is 1. The van der Waals surface area contributed by atoms with Crippen molar-refractivity contribution in [3.8, 4) is 5.88 Å². The van der Waals surface area contributed by atoms with Crippen molar-refractivity contribution >= 4 is 11.6 Å². The third-order valence-corrected chi connectivity index (χ3v) is 3.13. The van der Waals surface area contributed by atoms with E-state index >= 15 is 0 Å². The molecular weight excluding hydrogens is 236 g/mol. The van der Waals surface area contributed by atoms with Crippen molar-refractivity contribution in [3.05, 3.63) is 16.3 Å². The average molecular weight is 252 g/mol. The summed E-state index contributed by atoms with van der Waals surface area (Å²) in [4.78, 5) is 17.6. The fourth-order valence-corrected chi connectivity index (χ4v) is 2.15. The highest BCUT2D eigenvalue weighted by Gasteiger charge is 2.20. The summed E-state index contributed by atoms with van der Waals surface area (Å²) in [6.45, 7) is 0.456. The molecule has 0 amide bonds. The Labute approximate surface area is 105 Å². The molecule has 98 valence electrons. The van der Waals surface area contributed by atoms with Crippen molar-refractivity contribution in [2.75, 3.05) is 12.3 Å². The Morgan fingerprint density at radius 3 is 2.83 bits per heavy atom. The lowest BCUT2D eigenvalue weighted by molar-refractivity contribution is -0.386. The Morgan fingerprint density at radius 1 is 1.44 bits per heavy atom. The normalized spacial score (nSPS) is 16.4. The molecule has 1 aromatic heterocycles. The summed E-state index contributed by atoms with van der Waals surface area (Å²) in [5.41, 5.74) is 5.18. The van der Waals surface area contributed by atoms with Gasteiger partial charge < -0.3 is 10.5 Å². The molecule has 1 aromatic rings. The first-order chi connectivity index (χ1) is 8.66. The molecule has 2 N–H and O–H groups in total. The van der Waals surface area contributed by atoms with Gasteiger partial charge in [0.15, 0.2) is 0 Å². The maximum Gasteiger partial charge on any atom is 0.349 e. The van der Waals surface area contributed by atoms with Crippen LogP contribution in [0.3, 0.4) is 0 Å². The van der Waals surface area contributed by atoms with Crippen LogP contribution in [0.4, 0.5) is 11.6 Å². The first-order valence-electron chi connectivity index (χ1n) is 6.06. The van der Waals surface area contributed by atoms with Crippen LogP contribution in [0.15, 0.2) is 6.20 Å². The smallest absolute Gasteiger partial charge is 0.349 e. The quantitative estimate of drug-likeness (QED) is 0.648. The Morgan fingerprint density at radius 2 is 2.17 bits per heavy atom. The molecule has 0 spiro atoms. The zero-order chi connectivity index (χ0) is 13.0. The second kappa shape index (κ2) is 5.61. The topological polar surface area (TPSA) is 104 Å². The number of rotatable bonds is 4. The Hall–Kier alpha value is -1.92. The number of nitrogen functional groups attached to an aromatic ring is 1. The van der Waals surface area contributed by atoms with Crippen molar-refractivity contribution < 1.29 is 9.66 Å². The number of anilines is 1. The van der Waals surface area contributed by atoms with Crippen LogP contribution in [0.1, 0.15) is 32.1 Å². The minimum Gasteiger partial charge on any atom is -0.472 e. The van der Waals surface area contributed by atoms with Gasteiger partial charge in [-0.05, 0) is 18.8 Å². The van der Waals surface area contributed by atoms with E-state index in [0.717, 1.165) is 19.0 Å². The summed E-state index contributed by atoms with van der Waals surface area (Å²) < 4.78 is 5.45. The van der Waals surface area contributed by atoms with Crippen LogP contribution in [-0.2, 0) is 0 Å². The number of nitrogens with two attached hydrogens (primary N) is 1. The molecule has 0 radical (unpaired) electrons. The molecule has 0 aliphatic heterocycles. The lowest BCUT2D eigenvalue weighted by Crippen LogP contribution is -2.16. The van der Waals surface area contributed by atoms with Crippen molar-refractivity contribution in [3.63, 3.8) is 0 Å². The van der Waals surface area contributed by atoms with Gasteiger partial charge >= 0.3 is 5.69 Å². The number of hydrogen-bond donors (Lipinski definition) is 1. The van der Waals surface area contributed by atoms with Crippen LogP contribution in [0.2, 0.25) is 0 Å². The monoisotopic (exact) mass is 252 g/mol. The van der Waals surface area contributed by atoms with E-state index in [9.17, 15) is 10.1 Å². The number of aromatic nitrogens is 2. The van der Waals surface area contributed by atoms with Crippen LogP contribution in [0.25, 0.3) is 0 Å². The predicted molar refractivity (Wildman–Crippen MR) is 65.2 cm³/mol. The standard InChI is InChI=1S/C11H16N4O3/c12-11-13-6-9(15(16)17)10(14-11)18-7-8-4-2-1-3-5-8/h6,8H,1-5,7H2,(H2,12,13,14). The largest absolute Gasteiger partial charge is 0.472 e. The molecule has 1 aliphatic rings. The summed E-state index contributed by atoms with van der Waals surface area (Å²) >= 11 is 0. The Balaban J connectivity index is 2.03. The number of hydrogen-bond acceptors (Lipinski definition) is 6. The van der Waals surface area contributed by atoms with Crippen molar-refractivity contribution in [1.29, 1.82) is 0 Å². The molecule has 1 saturated carbocycles. The van der Waals surface area contributed by atoms with Gasteiger partial charge in [-0.25, -0.2) is 4.98 Å². The first kappa shape index (κ1) is 12.5. The van der Waals surface area contributed by atoms with E-state index in [1.165, 1.54) is 19.3 Å². The molecule has 0 aromatic carbocycles. The molecule has 1 aliphatic carbocycles. The van der Waals surface area contributed by atoms with E-state index in [0.29, 0.717) is 12.5 Å². The van der Waals surface area contributed by atoms with E-state index in [2.05, 4.69) is 9.97 Å². The third-order valence-electron chi connectivity index (χ3n) is 3.13. The molecule has 7 nitrogen and oxygen atoms in total. The van der Waals surface area contributed by atoms with E-state index in [1.54, 1.807) is 0 Å². The number of ether oxygens (including phenoxy) is 1. The Kier molecular flexibility index (Phi) is 3.91. The summed E-state index contributed by atoms with van der Waals surface area (Å²) in [5.74, 6) is 0.409. The molecule has 7 heteroatoms. The lowest BCUT2D eigenvalue weighted by atomic mass is 9.90. The van der Waals surface area contributed by atoms with Gasteiger partial charge in [0, 0.05) is 0 Å². The van der Waals surface area contributed by atoms with Gasteiger partial charge in [0.05, 0.1) is 11.5 Å². The summed E-state index contributed by atoms with van der Waals surface area (Å²) in [6, 6.07) is 0. The SMILES string of the molecule is Nc1ncc([N+](=O)[O-])c(OCC2CCCCC2)n1. The van der Waals surface area contributed by atoms with E-state index < -0.39 is 4.92 Å². The van der Waals surface area contributed by atoms with Crippen LogP contribution in [0, 0.1) is 16.0 Å². The molecule has 1 heterocycles. The molecule has 0 unspecified atom stereocenters. The number of nitrogens with zero attached hydrogens (tertiary/aromatic N) is 3. The first-order valence-corrected chi connectivity index (χ1v) is 6.06. The maximum atomic E-state index is 10.8. The van der Waals surface area contributed by atoms with Gasteiger partial charge in [-0.2, -0.15) is 4.98 Å². The summed E-state index contributed by atoms with van der Waals surface area (Å²) in [6.07, 6.45) is 6.95. The fraction of sp³-hybridized carbons (Fsp3) is 0.636.